The molecular weight excluding hydrogens is 123 g/mol. The first-order chi connectivity index (χ1) is 4.63. The molecule has 2 N–H and O–H groups in total. The van der Waals surface area contributed by atoms with Crippen molar-refractivity contribution in [1.29, 1.82) is 0 Å². The lowest BCUT2D eigenvalue weighted by molar-refractivity contribution is 0.801. The van der Waals surface area contributed by atoms with Crippen LogP contribution in [0.2, 0.25) is 0 Å². The third-order valence-corrected chi connectivity index (χ3v) is 1.34. The van der Waals surface area contributed by atoms with Gasteiger partial charge in [0.2, 0.25) is 0 Å². The molecule has 0 heterocycles. The first-order valence-electron chi connectivity index (χ1n) is 3.27. The summed E-state index contributed by atoms with van der Waals surface area (Å²) in [6.07, 6.45) is 1.51. The van der Waals surface area contributed by atoms with Crippen molar-refractivity contribution in [3.8, 4) is 0 Å². The van der Waals surface area contributed by atoms with Gasteiger partial charge in [0.1, 0.15) is 7.85 Å². The van der Waals surface area contributed by atoms with Crippen LogP contribution in [0.3, 0.4) is 0 Å². The fourth-order valence-corrected chi connectivity index (χ4v) is 0.703. The van der Waals surface area contributed by atoms with Gasteiger partial charge in [-0.15, -0.1) is 0 Å². The second-order valence-electron chi connectivity index (χ2n) is 2.39. The summed E-state index contributed by atoms with van der Waals surface area (Å²) in [6, 6.07) is 0. The van der Waals surface area contributed by atoms with Gasteiger partial charge in [0.15, 0.2) is 0 Å². The van der Waals surface area contributed by atoms with Crippen molar-refractivity contribution >= 4 is 13.5 Å². The van der Waals surface area contributed by atoms with E-state index in [1.165, 1.54) is 6.20 Å². The van der Waals surface area contributed by atoms with E-state index in [1.807, 2.05) is 13.8 Å². The molecular formula is C7H13BN2. The molecule has 3 heteroatoms. The van der Waals surface area contributed by atoms with E-state index in [2.05, 4.69) is 4.99 Å². The summed E-state index contributed by atoms with van der Waals surface area (Å²) >= 11 is 0. The van der Waals surface area contributed by atoms with E-state index >= 15 is 0 Å². The number of aliphatic imine (C=N–C) groups is 1. The molecule has 0 unspecified atom stereocenters. The van der Waals surface area contributed by atoms with E-state index in [1.54, 1.807) is 7.05 Å². The minimum Gasteiger partial charge on any atom is -0.404 e. The molecule has 0 aliphatic heterocycles. The Bertz CT molecular complexity index is 159. The van der Waals surface area contributed by atoms with Gasteiger partial charge in [0.05, 0.1) is 0 Å². The highest BCUT2D eigenvalue weighted by atomic mass is 14.7. The van der Waals surface area contributed by atoms with Crippen molar-refractivity contribution in [2.45, 2.75) is 13.8 Å². The summed E-state index contributed by atoms with van der Waals surface area (Å²) < 4.78 is 0. The van der Waals surface area contributed by atoms with Crippen molar-refractivity contribution in [3.05, 3.63) is 11.8 Å². The molecule has 0 amide bonds. The molecule has 0 bridgehead atoms. The second kappa shape index (κ2) is 4.15. The molecule has 2 radical (unpaired) electrons. The maximum atomic E-state index is 5.53. The lowest BCUT2D eigenvalue weighted by atomic mass is 9.87. The van der Waals surface area contributed by atoms with Gasteiger partial charge in [-0.3, -0.25) is 0 Å². The van der Waals surface area contributed by atoms with Crippen LogP contribution >= 0.6 is 0 Å². The first kappa shape index (κ1) is 9.27. The van der Waals surface area contributed by atoms with Gasteiger partial charge in [-0.2, -0.15) is 0 Å². The Kier molecular flexibility index (Phi) is 3.85. The molecule has 10 heavy (non-hydrogen) atoms. The lowest BCUT2D eigenvalue weighted by Crippen LogP contribution is -2.10. The van der Waals surface area contributed by atoms with Gasteiger partial charge in [-0.1, -0.05) is 13.8 Å². The average Bonchev–Trinajstić information content (AvgIpc) is 1.88. The largest absolute Gasteiger partial charge is 0.404 e. The van der Waals surface area contributed by atoms with Crippen LogP contribution in [0.25, 0.3) is 0 Å². The number of rotatable bonds is 2. The molecule has 2 nitrogen and oxygen atoms in total. The number of nitrogens with zero attached hydrogens (tertiary/aromatic N) is 1. The molecule has 0 aromatic heterocycles. The predicted molar refractivity (Wildman–Crippen MR) is 46.2 cm³/mol. The van der Waals surface area contributed by atoms with Crippen LogP contribution in [0.4, 0.5) is 0 Å². The van der Waals surface area contributed by atoms with Crippen LogP contribution in [-0.2, 0) is 0 Å². The summed E-state index contributed by atoms with van der Waals surface area (Å²) in [5.74, 6) is 0.341. The lowest BCUT2D eigenvalue weighted by Gasteiger charge is -2.09. The van der Waals surface area contributed by atoms with Crippen molar-refractivity contribution in [1.82, 2.24) is 0 Å². The van der Waals surface area contributed by atoms with Gasteiger partial charge in [-0.25, -0.2) is 0 Å². The summed E-state index contributed by atoms with van der Waals surface area (Å²) in [7, 11) is 7.18. The van der Waals surface area contributed by atoms with Crippen molar-refractivity contribution in [3.63, 3.8) is 0 Å². The number of hydrogen-bond acceptors (Lipinski definition) is 2. The zero-order valence-electron chi connectivity index (χ0n) is 6.76. The van der Waals surface area contributed by atoms with Gasteiger partial charge < -0.3 is 10.7 Å². The Morgan fingerprint density at radius 1 is 1.60 bits per heavy atom. The van der Waals surface area contributed by atoms with Crippen LogP contribution < -0.4 is 5.73 Å². The zero-order chi connectivity index (χ0) is 8.15. The van der Waals surface area contributed by atoms with Crippen molar-refractivity contribution in [2.24, 2.45) is 16.6 Å². The predicted octanol–water partition coefficient (Wildman–Crippen LogP) is 0.682. The van der Waals surface area contributed by atoms with E-state index in [4.69, 9.17) is 13.6 Å². The summed E-state index contributed by atoms with van der Waals surface area (Å²) in [4.78, 5) is 3.83. The van der Waals surface area contributed by atoms with E-state index in [-0.39, 0.29) is 0 Å². The third-order valence-electron chi connectivity index (χ3n) is 1.34. The third kappa shape index (κ3) is 2.25. The van der Waals surface area contributed by atoms with E-state index < -0.39 is 0 Å². The minimum absolute atomic E-state index is 0.341. The summed E-state index contributed by atoms with van der Waals surface area (Å²) in [6.45, 7) is 4.05. The normalized spacial score (nSPS) is 14.4. The smallest absolute Gasteiger partial charge is 0.141 e. The maximum absolute atomic E-state index is 5.53. The highest BCUT2D eigenvalue weighted by Crippen LogP contribution is 2.07. The van der Waals surface area contributed by atoms with Crippen molar-refractivity contribution in [2.75, 3.05) is 7.05 Å². The van der Waals surface area contributed by atoms with Gasteiger partial charge in [0, 0.05) is 7.05 Å². The number of hydrogen-bond donors (Lipinski definition) is 1. The number of nitrogens with two attached hydrogens (primary N) is 1. The molecule has 0 saturated carbocycles. The van der Waals surface area contributed by atoms with Gasteiger partial charge in [0.25, 0.3) is 0 Å². The molecule has 0 aliphatic rings. The molecule has 0 atom stereocenters. The van der Waals surface area contributed by atoms with Crippen LogP contribution in [0, 0.1) is 5.92 Å². The van der Waals surface area contributed by atoms with E-state index in [9.17, 15) is 0 Å². The molecule has 0 aliphatic carbocycles. The van der Waals surface area contributed by atoms with Gasteiger partial charge >= 0.3 is 0 Å². The summed E-state index contributed by atoms with van der Waals surface area (Å²) in [5, 5.41) is 0. The van der Waals surface area contributed by atoms with Crippen LogP contribution in [0.5, 0.6) is 0 Å². The second-order valence-corrected chi connectivity index (χ2v) is 2.39. The summed E-state index contributed by atoms with van der Waals surface area (Å²) in [5.41, 5.74) is 6.76. The highest BCUT2D eigenvalue weighted by molar-refractivity contribution is 6.64. The fourth-order valence-electron chi connectivity index (χ4n) is 0.703. The highest BCUT2D eigenvalue weighted by Gasteiger charge is 2.03. The quantitative estimate of drug-likeness (QED) is 0.440. The van der Waals surface area contributed by atoms with E-state index in [0.29, 0.717) is 11.5 Å². The first-order valence-corrected chi connectivity index (χ1v) is 3.27. The van der Waals surface area contributed by atoms with Crippen LogP contribution in [0.1, 0.15) is 13.8 Å². The maximum Gasteiger partial charge on any atom is 0.141 e. The molecule has 0 fully saturated rings. The SMILES string of the molecule is [B]C(=NC)C(=CN)C(C)C. The standard InChI is InChI=1S/C7H13BN2/c1-5(2)6(4-9)7(8)10-3/h4-5H,9H2,1-3H3. The number of allylic oxidation sites excluding steroid dienone is 1. The molecule has 0 saturated heterocycles. The Hall–Kier alpha value is -0.725. The molecule has 0 rings (SSSR count). The fraction of sp³-hybridized carbons (Fsp3) is 0.571. The molecule has 0 aromatic carbocycles. The molecule has 0 spiro atoms. The zero-order valence-corrected chi connectivity index (χ0v) is 6.76. The van der Waals surface area contributed by atoms with Crippen LogP contribution in [-0.4, -0.2) is 20.5 Å². The molecule has 0 aromatic rings. The van der Waals surface area contributed by atoms with E-state index in [0.717, 1.165) is 5.57 Å². The Balaban J connectivity index is 4.39. The Morgan fingerprint density at radius 3 is 2.20 bits per heavy atom. The molecule has 54 valence electrons. The Morgan fingerprint density at radius 2 is 2.10 bits per heavy atom. The van der Waals surface area contributed by atoms with Crippen molar-refractivity contribution < 1.29 is 0 Å². The van der Waals surface area contributed by atoms with Gasteiger partial charge in [-0.05, 0) is 23.3 Å². The minimum atomic E-state index is 0.341. The Labute approximate surface area is 63.6 Å². The topological polar surface area (TPSA) is 38.4 Å². The average molecular weight is 136 g/mol. The van der Waals surface area contributed by atoms with Crippen LogP contribution in [0.15, 0.2) is 16.8 Å². The monoisotopic (exact) mass is 136 g/mol.